The zero-order valence-electron chi connectivity index (χ0n) is 12.2. The summed E-state index contributed by atoms with van der Waals surface area (Å²) in [6.45, 7) is 7.45. The highest BCUT2D eigenvalue weighted by molar-refractivity contribution is 5.82. The average molecular weight is 242 g/mol. The second kappa shape index (κ2) is 7.67. The molecule has 4 nitrogen and oxygen atoms in total. The molecule has 0 bridgehead atoms. The van der Waals surface area contributed by atoms with Gasteiger partial charge < -0.3 is 15.5 Å². The molecule has 0 aliphatic rings. The number of nitrogens with two attached hydrogens (primary N) is 1. The zero-order valence-corrected chi connectivity index (χ0v) is 12.2. The molecular weight excluding hydrogens is 212 g/mol. The van der Waals surface area contributed by atoms with Crippen molar-refractivity contribution in [1.82, 2.24) is 9.80 Å². The molecule has 0 saturated heterocycles. The number of hydrogen-bond donors (Lipinski definition) is 2. The van der Waals surface area contributed by atoms with E-state index in [1.807, 2.05) is 13.8 Å². The van der Waals surface area contributed by atoms with Crippen molar-refractivity contribution >= 4 is 5.84 Å². The fourth-order valence-electron chi connectivity index (χ4n) is 1.69. The van der Waals surface area contributed by atoms with Gasteiger partial charge in [-0.15, -0.1) is 0 Å². The van der Waals surface area contributed by atoms with Gasteiger partial charge in [-0.2, -0.15) is 0 Å². The van der Waals surface area contributed by atoms with Crippen molar-refractivity contribution < 1.29 is 0 Å². The molecule has 0 saturated carbocycles. The van der Waals surface area contributed by atoms with Gasteiger partial charge in [0.2, 0.25) is 0 Å². The molecule has 17 heavy (non-hydrogen) atoms. The van der Waals surface area contributed by atoms with E-state index in [1.165, 1.54) is 6.42 Å². The average Bonchev–Trinajstić information content (AvgIpc) is 2.16. The fraction of sp³-hybridized carbons (Fsp3) is 0.923. The Balaban J connectivity index is 3.64. The van der Waals surface area contributed by atoms with E-state index in [9.17, 15) is 0 Å². The van der Waals surface area contributed by atoms with Crippen LogP contribution in [0.4, 0.5) is 0 Å². The molecule has 0 radical (unpaired) electrons. The summed E-state index contributed by atoms with van der Waals surface area (Å²) >= 11 is 0. The summed E-state index contributed by atoms with van der Waals surface area (Å²) in [5.41, 5.74) is 5.42. The van der Waals surface area contributed by atoms with Crippen LogP contribution in [0.15, 0.2) is 0 Å². The van der Waals surface area contributed by atoms with Crippen molar-refractivity contribution in [3.05, 3.63) is 0 Å². The third-order valence-electron chi connectivity index (χ3n) is 3.22. The predicted octanol–water partition coefficient (Wildman–Crippen LogP) is 1.61. The number of amidine groups is 1. The van der Waals surface area contributed by atoms with Crippen molar-refractivity contribution in [2.45, 2.75) is 33.1 Å². The third kappa shape index (κ3) is 8.16. The van der Waals surface area contributed by atoms with Crippen LogP contribution in [-0.4, -0.2) is 56.4 Å². The van der Waals surface area contributed by atoms with Crippen LogP contribution in [0.5, 0.6) is 0 Å². The molecule has 0 aromatic heterocycles. The second-order valence-corrected chi connectivity index (χ2v) is 5.86. The molecule has 0 atom stereocenters. The molecule has 0 rings (SSSR count). The first-order valence-electron chi connectivity index (χ1n) is 6.43. The molecule has 4 heteroatoms. The normalized spacial score (nSPS) is 12.4. The van der Waals surface area contributed by atoms with Crippen molar-refractivity contribution in [3.63, 3.8) is 0 Å². The first-order valence-corrected chi connectivity index (χ1v) is 6.43. The Labute approximate surface area is 107 Å². The van der Waals surface area contributed by atoms with Crippen molar-refractivity contribution in [3.8, 4) is 0 Å². The quantitative estimate of drug-likeness (QED) is 0.477. The van der Waals surface area contributed by atoms with E-state index in [0.29, 0.717) is 5.84 Å². The number of rotatable bonds is 9. The van der Waals surface area contributed by atoms with Gasteiger partial charge >= 0.3 is 0 Å². The maximum atomic E-state index is 7.50. The second-order valence-electron chi connectivity index (χ2n) is 5.86. The topological polar surface area (TPSA) is 56.4 Å². The minimum Gasteiger partial charge on any atom is -0.387 e. The van der Waals surface area contributed by atoms with E-state index in [0.717, 1.165) is 32.5 Å². The number of nitrogens with zero attached hydrogens (tertiary/aromatic N) is 2. The van der Waals surface area contributed by atoms with Gasteiger partial charge in [-0.1, -0.05) is 13.8 Å². The molecule has 0 spiro atoms. The van der Waals surface area contributed by atoms with E-state index >= 15 is 0 Å². The molecular formula is C13H30N4. The van der Waals surface area contributed by atoms with E-state index < -0.39 is 0 Å². The van der Waals surface area contributed by atoms with Crippen LogP contribution in [0.25, 0.3) is 0 Å². The van der Waals surface area contributed by atoms with Gasteiger partial charge in [0.1, 0.15) is 0 Å². The molecule has 0 aromatic rings. The van der Waals surface area contributed by atoms with Crippen LogP contribution in [0.1, 0.15) is 33.1 Å². The molecule has 0 unspecified atom stereocenters. The molecule has 0 aliphatic carbocycles. The summed E-state index contributed by atoms with van der Waals surface area (Å²) in [5.74, 6) is 0.299. The Morgan fingerprint density at radius 2 is 1.59 bits per heavy atom. The van der Waals surface area contributed by atoms with Gasteiger partial charge in [-0.05, 0) is 60.0 Å². The van der Waals surface area contributed by atoms with Crippen LogP contribution in [0.3, 0.4) is 0 Å². The number of nitrogens with one attached hydrogen (secondary N) is 1. The SMILES string of the molecule is CN(C)CCCN(C)CCCC(C)(C)C(=N)N. The van der Waals surface area contributed by atoms with E-state index in [4.69, 9.17) is 11.1 Å². The van der Waals surface area contributed by atoms with Crippen molar-refractivity contribution in [2.24, 2.45) is 11.1 Å². The lowest BCUT2D eigenvalue weighted by Crippen LogP contribution is -2.32. The first kappa shape index (κ1) is 16.4. The summed E-state index contributed by atoms with van der Waals surface area (Å²) in [4.78, 5) is 4.58. The Morgan fingerprint density at radius 1 is 1.06 bits per heavy atom. The van der Waals surface area contributed by atoms with Crippen molar-refractivity contribution in [1.29, 1.82) is 5.41 Å². The lowest BCUT2D eigenvalue weighted by Gasteiger charge is -2.24. The highest BCUT2D eigenvalue weighted by Gasteiger charge is 2.20. The highest BCUT2D eigenvalue weighted by atomic mass is 15.1. The smallest absolute Gasteiger partial charge is 0.0963 e. The van der Waals surface area contributed by atoms with Gasteiger partial charge in [0.05, 0.1) is 5.84 Å². The molecule has 0 aromatic carbocycles. The predicted molar refractivity (Wildman–Crippen MR) is 75.6 cm³/mol. The first-order chi connectivity index (χ1) is 7.75. The molecule has 0 aliphatic heterocycles. The summed E-state index contributed by atoms with van der Waals surface area (Å²) in [6, 6.07) is 0. The van der Waals surface area contributed by atoms with Gasteiger partial charge in [-0.25, -0.2) is 0 Å². The van der Waals surface area contributed by atoms with Crippen molar-refractivity contribution in [2.75, 3.05) is 40.8 Å². The van der Waals surface area contributed by atoms with Crippen LogP contribution in [-0.2, 0) is 0 Å². The largest absolute Gasteiger partial charge is 0.387 e. The summed E-state index contributed by atoms with van der Waals surface area (Å²) in [7, 11) is 6.38. The Kier molecular flexibility index (Phi) is 7.39. The molecule has 3 N–H and O–H groups in total. The highest BCUT2D eigenvalue weighted by Crippen LogP contribution is 2.21. The van der Waals surface area contributed by atoms with Crippen LogP contribution >= 0.6 is 0 Å². The van der Waals surface area contributed by atoms with Gasteiger partial charge in [0, 0.05) is 5.41 Å². The van der Waals surface area contributed by atoms with Crippen LogP contribution < -0.4 is 5.73 Å². The van der Waals surface area contributed by atoms with E-state index in [-0.39, 0.29) is 5.41 Å². The fourth-order valence-corrected chi connectivity index (χ4v) is 1.69. The summed E-state index contributed by atoms with van der Waals surface area (Å²) < 4.78 is 0. The Hall–Kier alpha value is -0.610. The molecule has 0 amide bonds. The standard InChI is InChI=1S/C13H30N4/c1-13(2,12(14)15)8-6-10-17(5)11-7-9-16(3)4/h6-11H2,1-5H3,(H3,14,15). The number of hydrogen-bond acceptors (Lipinski definition) is 3. The van der Waals surface area contributed by atoms with Crippen LogP contribution in [0, 0.1) is 10.8 Å². The lowest BCUT2D eigenvalue weighted by molar-refractivity contribution is 0.284. The van der Waals surface area contributed by atoms with Crippen LogP contribution in [0.2, 0.25) is 0 Å². The minimum atomic E-state index is -0.148. The van der Waals surface area contributed by atoms with E-state index in [1.54, 1.807) is 0 Å². The maximum Gasteiger partial charge on any atom is 0.0963 e. The van der Waals surface area contributed by atoms with E-state index in [2.05, 4.69) is 30.9 Å². The van der Waals surface area contributed by atoms with Gasteiger partial charge in [-0.3, -0.25) is 5.41 Å². The summed E-state index contributed by atoms with van der Waals surface area (Å²) in [6.07, 6.45) is 3.30. The maximum absolute atomic E-state index is 7.50. The minimum absolute atomic E-state index is 0.148. The molecule has 102 valence electrons. The lowest BCUT2D eigenvalue weighted by atomic mass is 9.86. The van der Waals surface area contributed by atoms with Gasteiger partial charge in [0.25, 0.3) is 0 Å². The summed E-state index contributed by atoms with van der Waals surface area (Å²) in [5, 5.41) is 7.50. The molecule has 0 heterocycles. The Bertz CT molecular complexity index is 223. The van der Waals surface area contributed by atoms with Gasteiger partial charge in [0.15, 0.2) is 0 Å². The Morgan fingerprint density at radius 3 is 2.06 bits per heavy atom. The molecule has 0 fully saturated rings. The third-order valence-corrected chi connectivity index (χ3v) is 3.22. The monoisotopic (exact) mass is 242 g/mol. The zero-order chi connectivity index (χ0) is 13.5.